The molecule has 5 aliphatic rings. The first kappa shape index (κ1) is 26.6. The molecular formula is C29H35N7O4S. The van der Waals surface area contributed by atoms with Gasteiger partial charge in [0.15, 0.2) is 0 Å². The average molecular weight is 578 g/mol. The number of piperazine rings is 1. The number of piperidine rings is 1. The molecule has 2 atom stereocenters. The fourth-order valence-electron chi connectivity index (χ4n) is 6.93. The molecule has 0 N–H and O–H groups in total. The summed E-state index contributed by atoms with van der Waals surface area (Å²) in [6.07, 6.45) is 7.98. The van der Waals surface area contributed by atoms with Gasteiger partial charge >= 0.3 is 0 Å². The summed E-state index contributed by atoms with van der Waals surface area (Å²) < 4.78 is 37.1. The first-order valence-electron chi connectivity index (χ1n) is 14.5. The van der Waals surface area contributed by atoms with E-state index in [1.807, 2.05) is 18.5 Å². The molecule has 41 heavy (non-hydrogen) atoms. The molecule has 216 valence electrons. The van der Waals surface area contributed by atoms with Crippen LogP contribution in [-0.4, -0.2) is 115 Å². The minimum atomic E-state index is -2.85. The zero-order valence-electron chi connectivity index (χ0n) is 23.1. The van der Waals surface area contributed by atoms with Gasteiger partial charge in [0.25, 0.3) is 0 Å². The van der Waals surface area contributed by atoms with E-state index in [9.17, 15) is 13.7 Å². The Kier molecular flexibility index (Phi) is 7.06. The van der Waals surface area contributed by atoms with Gasteiger partial charge in [0.1, 0.15) is 34.1 Å². The maximum atomic E-state index is 11.9. The van der Waals surface area contributed by atoms with Gasteiger partial charge in [0.2, 0.25) is 0 Å². The van der Waals surface area contributed by atoms with Crippen LogP contribution in [0.2, 0.25) is 0 Å². The Labute approximate surface area is 240 Å². The summed E-state index contributed by atoms with van der Waals surface area (Å²) in [6.45, 7) is 6.54. The van der Waals surface area contributed by atoms with E-state index >= 15 is 0 Å². The van der Waals surface area contributed by atoms with Gasteiger partial charge in [-0.3, -0.25) is 9.80 Å². The predicted molar refractivity (Wildman–Crippen MR) is 154 cm³/mol. The van der Waals surface area contributed by atoms with Gasteiger partial charge < -0.3 is 14.4 Å². The quantitative estimate of drug-likeness (QED) is 0.412. The standard InChI is InChI=1S/C29H35N7O4S/c30-15-22-17-32-35-20-26(40-10-7-33-5-8-39-9-6-33)14-27(29(22)35)21-1-2-28(31-16-21)34-18-24-13-25(19-34)36(24)23-3-11-41(37,38)12-4-23/h1-2,14,16-17,20,23-25H,3-13,18-19H2. The van der Waals surface area contributed by atoms with Crippen molar-refractivity contribution in [3.05, 3.63) is 42.4 Å². The molecule has 11 nitrogen and oxygen atoms in total. The molecular weight excluding hydrogens is 542 g/mol. The molecule has 3 aromatic rings. The molecule has 8 rings (SSSR count). The summed E-state index contributed by atoms with van der Waals surface area (Å²) in [5.41, 5.74) is 3.02. The second-order valence-electron chi connectivity index (χ2n) is 11.5. The lowest BCUT2D eigenvalue weighted by atomic mass is 9.84. The Morgan fingerprint density at radius 3 is 2.56 bits per heavy atom. The van der Waals surface area contributed by atoms with Gasteiger partial charge in [0.05, 0.1) is 48.2 Å². The number of sulfone groups is 1. The van der Waals surface area contributed by atoms with E-state index in [4.69, 9.17) is 14.5 Å². The van der Waals surface area contributed by atoms with Crippen LogP contribution >= 0.6 is 0 Å². The van der Waals surface area contributed by atoms with E-state index in [1.165, 1.54) is 6.42 Å². The molecule has 5 saturated heterocycles. The van der Waals surface area contributed by atoms with Crippen LogP contribution in [0, 0.1) is 11.3 Å². The van der Waals surface area contributed by atoms with Crippen molar-refractivity contribution in [1.82, 2.24) is 24.4 Å². The van der Waals surface area contributed by atoms with Crippen molar-refractivity contribution >= 4 is 21.2 Å². The Hall–Kier alpha value is -3.24. The molecule has 2 unspecified atom stereocenters. The number of rotatable bonds is 7. The van der Waals surface area contributed by atoms with Crippen molar-refractivity contribution in [3.63, 3.8) is 0 Å². The smallest absolute Gasteiger partial charge is 0.150 e. The lowest BCUT2D eigenvalue weighted by Crippen LogP contribution is -2.71. The van der Waals surface area contributed by atoms with Crippen LogP contribution in [0.5, 0.6) is 5.75 Å². The van der Waals surface area contributed by atoms with Gasteiger partial charge in [-0.15, -0.1) is 0 Å². The summed E-state index contributed by atoms with van der Waals surface area (Å²) in [4.78, 5) is 12.1. The van der Waals surface area contributed by atoms with Crippen LogP contribution in [0.15, 0.2) is 36.8 Å². The number of ether oxygens (including phenoxy) is 2. The van der Waals surface area contributed by atoms with Crippen LogP contribution < -0.4 is 9.64 Å². The van der Waals surface area contributed by atoms with E-state index in [-0.39, 0.29) is 0 Å². The monoisotopic (exact) mass is 577 g/mol. The third-order valence-electron chi connectivity index (χ3n) is 9.07. The summed E-state index contributed by atoms with van der Waals surface area (Å²) in [5.74, 6) is 2.28. The molecule has 2 bridgehead atoms. The van der Waals surface area contributed by atoms with Crippen molar-refractivity contribution in [2.45, 2.75) is 37.4 Å². The van der Waals surface area contributed by atoms with Crippen molar-refractivity contribution in [1.29, 1.82) is 5.26 Å². The Morgan fingerprint density at radius 2 is 1.85 bits per heavy atom. The van der Waals surface area contributed by atoms with Gasteiger partial charge in [-0.1, -0.05) is 0 Å². The highest BCUT2D eigenvalue weighted by Gasteiger charge is 2.48. The number of nitrogens with zero attached hydrogens (tertiary/aromatic N) is 7. The highest BCUT2D eigenvalue weighted by molar-refractivity contribution is 7.91. The van der Waals surface area contributed by atoms with Gasteiger partial charge in [-0.25, -0.2) is 17.9 Å². The summed E-state index contributed by atoms with van der Waals surface area (Å²) in [5, 5.41) is 14.1. The molecule has 5 aliphatic heterocycles. The third-order valence-corrected chi connectivity index (χ3v) is 10.8. The van der Waals surface area contributed by atoms with Crippen LogP contribution in [0.4, 0.5) is 5.82 Å². The largest absolute Gasteiger partial charge is 0.491 e. The maximum Gasteiger partial charge on any atom is 0.150 e. The second kappa shape index (κ2) is 10.9. The molecule has 0 saturated carbocycles. The number of aromatic nitrogens is 3. The van der Waals surface area contributed by atoms with Crippen molar-refractivity contribution in [2.24, 2.45) is 0 Å². The topological polar surface area (TPSA) is 116 Å². The lowest BCUT2D eigenvalue weighted by Gasteiger charge is -2.60. The fraction of sp³-hybridized carbons (Fsp3) is 0.552. The number of hydrogen-bond donors (Lipinski definition) is 0. The molecule has 5 fully saturated rings. The SMILES string of the molecule is N#Cc1cnn2cc(OCCN3CCOCC3)cc(-c3ccc(N4CC5CC(C4)N5C4CCS(=O)(=O)CC4)nc3)c12. The summed E-state index contributed by atoms with van der Waals surface area (Å²) in [6, 6.07) is 9.66. The first-order chi connectivity index (χ1) is 20.0. The number of anilines is 1. The number of fused-ring (bicyclic) bond motifs is 3. The Morgan fingerprint density at radius 1 is 1.07 bits per heavy atom. The maximum absolute atomic E-state index is 11.9. The average Bonchev–Trinajstić information content (AvgIpc) is 3.42. The Balaban J connectivity index is 1.06. The molecule has 8 heterocycles. The van der Waals surface area contributed by atoms with E-state index in [0.29, 0.717) is 47.6 Å². The second-order valence-corrected chi connectivity index (χ2v) is 13.8. The summed E-state index contributed by atoms with van der Waals surface area (Å²) in [7, 11) is -2.85. The third kappa shape index (κ3) is 5.28. The van der Waals surface area contributed by atoms with E-state index in [0.717, 1.165) is 81.2 Å². The highest BCUT2D eigenvalue weighted by atomic mass is 32.2. The van der Waals surface area contributed by atoms with E-state index in [1.54, 1.807) is 10.7 Å². The van der Waals surface area contributed by atoms with Gasteiger partial charge in [-0.05, 0) is 37.5 Å². The van der Waals surface area contributed by atoms with Crippen LogP contribution in [-0.2, 0) is 14.6 Å². The molecule has 0 amide bonds. The van der Waals surface area contributed by atoms with Crippen LogP contribution in [0.3, 0.4) is 0 Å². The predicted octanol–water partition coefficient (Wildman–Crippen LogP) is 1.82. The fourth-order valence-corrected chi connectivity index (χ4v) is 8.39. The van der Waals surface area contributed by atoms with Gasteiger partial charge in [0, 0.05) is 68.2 Å². The summed E-state index contributed by atoms with van der Waals surface area (Å²) >= 11 is 0. The molecule has 0 radical (unpaired) electrons. The van der Waals surface area contributed by atoms with E-state index < -0.39 is 9.84 Å². The first-order valence-corrected chi connectivity index (χ1v) is 16.3. The number of pyridine rings is 2. The molecule has 0 aromatic carbocycles. The molecule has 0 aliphatic carbocycles. The normalized spacial score (nSPS) is 25.1. The van der Waals surface area contributed by atoms with Crippen molar-refractivity contribution in [2.75, 3.05) is 69.0 Å². The zero-order valence-corrected chi connectivity index (χ0v) is 23.9. The Bertz CT molecular complexity index is 1540. The zero-order chi connectivity index (χ0) is 28.0. The lowest BCUT2D eigenvalue weighted by molar-refractivity contribution is -0.0416. The molecule has 3 aromatic heterocycles. The number of hydrogen-bond acceptors (Lipinski definition) is 10. The van der Waals surface area contributed by atoms with Crippen molar-refractivity contribution in [3.8, 4) is 22.9 Å². The van der Waals surface area contributed by atoms with Crippen LogP contribution in [0.25, 0.3) is 16.6 Å². The van der Waals surface area contributed by atoms with Gasteiger partial charge in [-0.2, -0.15) is 10.4 Å². The van der Waals surface area contributed by atoms with Crippen LogP contribution in [0.1, 0.15) is 24.8 Å². The van der Waals surface area contributed by atoms with E-state index in [2.05, 4.69) is 38.0 Å². The number of nitriles is 1. The van der Waals surface area contributed by atoms with Crippen molar-refractivity contribution < 1.29 is 17.9 Å². The minimum absolute atomic E-state index is 0.318. The minimum Gasteiger partial charge on any atom is -0.491 e. The highest BCUT2D eigenvalue weighted by Crippen LogP contribution is 2.39. The molecule has 12 heteroatoms. The molecule has 0 spiro atoms. The number of morpholine rings is 1.